The molecule has 0 saturated carbocycles. The summed E-state index contributed by atoms with van der Waals surface area (Å²) in [5, 5.41) is 3.15. The van der Waals surface area contributed by atoms with Crippen LogP contribution in [0.3, 0.4) is 0 Å². The van der Waals surface area contributed by atoms with Crippen molar-refractivity contribution < 1.29 is 13.9 Å². The molecule has 6 heteroatoms. The van der Waals surface area contributed by atoms with Gasteiger partial charge in [0.1, 0.15) is 5.82 Å². The largest absolute Gasteiger partial charge is 0.370 e. The number of halogens is 1. The molecule has 1 aromatic heterocycles. The van der Waals surface area contributed by atoms with Crippen molar-refractivity contribution in [2.75, 3.05) is 19.6 Å². The number of likely N-dealkylation sites (tertiary alicyclic amines) is 1. The van der Waals surface area contributed by atoms with Gasteiger partial charge < -0.3 is 10.1 Å². The molecular formula is C24H28FN3O2. The smallest absolute Gasteiger partial charge is 0.251 e. The van der Waals surface area contributed by atoms with Crippen LogP contribution in [0.5, 0.6) is 0 Å². The zero-order valence-corrected chi connectivity index (χ0v) is 17.5. The monoisotopic (exact) mass is 409 g/mol. The molecule has 30 heavy (non-hydrogen) atoms. The van der Waals surface area contributed by atoms with Crippen molar-refractivity contribution in [3.63, 3.8) is 0 Å². The molecular weight excluding hydrogens is 381 g/mol. The van der Waals surface area contributed by atoms with Crippen LogP contribution < -0.4 is 5.32 Å². The average molecular weight is 410 g/mol. The number of hydrogen-bond donors (Lipinski definition) is 1. The number of aromatic nitrogens is 1. The lowest BCUT2D eigenvalue weighted by atomic mass is 9.73. The highest BCUT2D eigenvalue weighted by Crippen LogP contribution is 2.54. The van der Waals surface area contributed by atoms with E-state index in [-0.39, 0.29) is 23.4 Å². The summed E-state index contributed by atoms with van der Waals surface area (Å²) in [6.07, 6.45) is 2.36. The highest BCUT2D eigenvalue weighted by molar-refractivity contribution is 5.94. The van der Waals surface area contributed by atoms with E-state index in [0.29, 0.717) is 23.9 Å². The summed E-state index contributed by atoms with van der Waals surface area (Å²) in [6, 6.07) is 10.5. The van der Waals surface area contributed by atoms with Crippen LogP contribution in [0.2, 0.25) is 0 Å². The average Bonchev–Trinajstić information content (AvgIpc) is 3.33. The molecule has 1 amide bonds. The van der Waals surface area contributed by atoms with Gasteiger partial charge in [-0.15, -0.1) is 0 Å². The SMILES string of the molecule is Cc1cc(C(=O)NC[C@H]2[C@H]3CN(Cc4cccc(F)c4)C[C@]34CC[C@H]2O4)cc(C)n1. The van der Waals surface area contributed by atoms with Crippen LogP contribution in [0.25, 0.3) is 0 Å². The summed E-state index contributed by atoms with van der Waals surface area (Å²) in [6.45, 7) is 6.99. The summed E-state index contributed by atoms with van der Waals surface area (Å²) < 4.78 is 20.0. The van der Waals surface area contributed by atoms with Crippen molar-refractivity contribution in [1.29, 1.82) is 0 Å². The third-order valence-corrected chi connectivity index (χ3v) is 6.99. The molecule has 3 saturated heterocycles. The Morgan fingerprint density at radius 2 is 2.10 bits per heavy atom. The molecule has 3 fully saturated rings. The van der Waals surface area contributed by atoms with Crippen molar-refractivity contribution in [1.82, 2.24) is 15.2 Å². The first-order chi connectivity index (χ1) is 14.4. The second-order valence-corrected chi connectivity index (χ2v) is 9.18. The molecule has 1 N–H and O–H groups in total. The van der Waals surface area contributed by atoms with E-state index in [1.54, 1.807) is 12.1 Å². The highest BCUT2D eigenvalue weighted by atomic mass is 19.1. The molecule has 5 nitrogen and oxygen atoms in total. The molecule has 3 aliphatic rings. The van der Waals surface area contributed by atoms with E-state index in [0.717, 1.165) is 49.4 Å². The Kier molecular flexibility index (Phi) is 4.86. The maximum atomic E-state index is 13.6. The molecule has 2 bridgehead atoms. The zero-order valence-electron chi connectivity index (χ0n) is 17.5. The number of aryl methyl sites for hydroxylation is 2. The third kappa shape index (κ3) is 3.52. The molecule has 5 rings (SSSR count). The minimum absolute atomic E-state index is 0.0463. The van der Waals surface area contributed by atoms with E-state index in [1.807, 2.05) is 32.0 Å². The van der Waals surface area contributed by atoms with E-state index in [9.17, 15) is 9.18 Å². The summed E-state index contributed by atoms with van der Waals surface area (Å²) in [5.74, 6) is 0.495. The van der Waals surface area contributed by atoms with Gasteiger partial charge in [-0.25, -0.2) is 4.39 Å². The topological polar surface area (TPSA) is 54.5 Å². The lowest BCUT2D eigenvalue weighted by molar-refractivity contribution is 0.00212. The number of nitrogens with one attached hydrogen (secondary N) is 1. The van der Waals surface area contributed by atoms with Crippen molar-refractivity contribution >= 4 is 5.91 Å². The Labute approximate surface area is 176 Å². The number of ether oxygens (including phenoxy) is 1. The second-order valence-electron chi connectivity index (χ2n) is 9.18. The summed E-state index contributed by atoms with van der Waals surface area (Å²) in [7, 11) is 0. The van der Waals surface area contributed by atoms with Crippen LogP contribution in [-0.4, -0.2) is 47.1 Å². The maximum Gasteiger partial charge on any atom is 0.251 e. The Morgan fingerprint density at radius 3 is 2.87 bits per heavy atom. The molecule has 1 aromatic carbocycles. The fourth-order valence-corrected chi connectivity index (χ4v) is 5.85. The predicted octanol–water partition coefficient (Wildman–Crippen LogP) is 3.25. The lowest BCUT2D eigenvalue weighted by Gasteiger charge is -2.29. The molecule has 0 unspecified atom stereocenters. The summed E-state index contributed by atoms with van der Waals surface area (Å²) >= 11 is 0. The molecule has 4 heterocycles. The van der Waals surface area contributed by atoms with Crippen molar-refractivity contribution in [3.8, 4) is 0 Å². The van der Waals surface area contributed by atoms with Crippen LogP contribution in [0, 0.1) is 31.5 Å². The Balaban J connectivity index is 1.25. The van der Waals surface area contributed by atoms with Crippen molar-refractivity contribution in [2.24, 2.45) is 11.8 Å². The van der Waals surface area contributed by atoms with Crippen LogP contribution in [-0.2, 0) is 11.3 Å². The van der Waals surface area contributed by atoms with E-state index < -0.39 is 0 Å². The molecule has 0 aliphatic carbocycles. The van der Waals surface area contributed by atoms with E-state index in [1.165, 1.54) is 6.07 Å². The molecule has 0 radical (unpaired) electrons. The normalized spacial score (nSPS) is 29.9. The maximum absolute atomic E-state index is 13.6. The van der Waals surface area contributed by atoms with Gasteiger partial charge in [-0.1, -0.05) is 12.1 Å². The number of hydrogen-bond acceptors (Lipinski definition) is 4. The van der Waals surface area contributed by atoms with Gasteiger partial charge in [0.2, 0.25) is 0 Å². The van der Waals surface area contributed by atoms with E-state index in [2.05, 4.69) is 15.2 Å². The number of benzene rings is 1. The van der Waals surface area contributed by atoms with Crippen molar-refractivity contribution in [3.05, 3.63) is 64.7 Å². The number of rotatable bonds is 5. The van der Waals surface area contributed by atoms with E-state index >= 15 is 0 Å². The standard InChI is InChI=1S/C24H28FN3O2/c1-15-8-18(9-16(2)27-15)23(29)26-11-20-21-13-28(12-17-4-3-5-19(25)10-17)14-24(21)7-6-22(20)30-24/h3-5,8-10,20-22H,6-7,11-14H2,1-2H3,(H,26,29)/t20-,21+,22+,24+/m0/s1. The number of carbonyl (C=O) groups is 1. The van der Waals surface area contributed by atoms with Gasteiger partial charge >= 0.3 is 0 Å². The first-order valence-corrected chi connectivity index (χ1v) is 10.8. The first kappa shape index (κ1) is 19.6. The van der Waals surface area contributed by atoms with Gasteiger partial charge in [0.05, 0.1) is 11.7 Å². The van der Waals surface area contributed by atoms with Gasteiger partial charge in [0.15, 0.2) is 0 Å². The van der Waals surface area contributed by atoms with Gasteiger partial charge in [-0.3, -0.25) is 14.7 Å². The van der Waals surface area contributed by atoms with Crippen LogP contribution in [0.4, 0.5) is 4.39 Å². The summed E-state index contributed by atoms with van der Waals surface area (Å²) in [4.78, 5) is 19.4. The van der Waals surface area contributed by atoms with Crippen LogP contribution in [0.15, 0.2) is 36.4 Å². The quantitative estimate of drug-likeness (QED) is 0.824. The minimum Gasteiger partial charge on any atom is -0.370 e. The number of fused-ring (bicyclic) bond motifs is 1. The van der Waals surface area contributed by atoms with Crippen LogP contribution >= 0.6 is 0 Å². The molecule has 158 valence electrons. The highest BCUT2D eigenvalue weighted by Gasteiger charge is 2.62. The van der Waals surface area contributed by atoms with Crippen LogP contribution in [0.1, 0.15) is 40.2 Å². The fraction of sp³-hybridized carbons (Fsp3) is 0.500. The first-order valence-electron chi connectivity index (χ1n) is 10.8. The minimum atomic E-state index is -0.190. The predicted molar refractivity (Wildman–Crippen MR) is 112 cm³/mol. The Hall–Kier alpha value is -2.31. The number of nitrogens with zero attached hydrogens (tertiary/aromatic N) is 2. The molecule has 4 atom stereocenters. The second kappa shape index (κ2) is 7.43. The molecule has 2 aromatic rings. The molecule has 1 spiro atoms. The van der Waals surface area contributed by atoms with Gasteiger partial charge in [-0.05, 0) is 56.5 Å². The number of pyridine rings is 1. The van der Waals surface area contributed by atoms with Crippen molar-refractivity contribution in [2.45, 2.75) is 44.9 Å². The van der Waals surface area contributed by atoms with Gasteiger partial charge in [-0.2, -0.15) is 0 Å². The number of amides is 1. The third-order valence-electron chi connectivity index (χ3n) is 6.99. The number of carbonyl (C=O) groups excluding carboxylic acids is 1. The zero-order chi connectivity index (χ0) is 20.9. The van der Waals surface area contributed by atoms with E-state index in [4.69, 9.17) is 4.74 Å². The van der Waals surface area contributed by atoms with Gasteiger partial charge in [0.25, 0.3) is 5.91 Å². The fourth-order valence-electron chi connectivity index (χ4n) is 5.85. The Morgan fingerprint density at radius 1 is 1.30 bits per heavy atom. The Bertz CT molecular complexity index is 960. The molecule has 3 aliphatic heterocycles. The lowest BCUT2D eigenvalue weighted by Crippen LogP contribution is -2.41. The van der Waals surface area contributed by atoms with Gasteiger partial charge in [0, 0.05) is 55.0 Å². The summed E-state index contributed by atoms with van der Waals surface area (Å²) in [5.41, 5.74) is 3.27.